The number of methoxy groups -OCH3 is 1. The third-order valence-electron chi connectivity index (χ3n) is 4.09. The van der Waals surface area contributed by atoms with Gasteiger partial charge in [-0.3, -0.25) is 0 Å². The highest BCUT2D eigenvalue weighted by Gasteiger charge is 2.28. The fourth-order valence-corrected chi connectivity index (χ4v) is 2.93. The van der Waals surface area contributed by atoms with Crippen molar-refractivity contribution >= 4 is 11.6 Å². The Bertz CT molecular complexity index is 464. The molecule has 0 saturated heterocycles. The highest BCUT2D eigenvalue weighted by molar-refractivity contribution is 5.57. The summed E-state index contributed by atoms with van der Waals surface area (Å²) in [4.78, 5) is 9.35. The van der Waals surface area contributed by atoms with Crippen molar-refractivity contribution in [2.75, 3.05) is 24.3 Å². The van der Waals surface area contributed by atoms with Crippen LogP contribution in [0.3, 0.4) is 0 Å². The summed E-state index contributed by atoms with van der Waals surface area (Å²) in [5.74, 6) is 2.82. The van der Waals surface area contributed by atoms with Crippen LogP contribution in [0.4, 0.5) is 11.6 Å². The van der Waals surface area contributed by atoms with Gasteiger partial charge in [-0.25, -0.2) is 9.97 Å². The number of ether oxygens (including phenoxy) is 1. The fraction of sp³-hybridized carbons (Fsp3) is 0.750. The lowest BCUT2D eigenvalue weighted by molar-refractivity contribution is 0.101. The molecule has 0 bridgehead atoms. The van der Waals surface area contributed by atoms with Crippen LogP contribution in [0.5, 0.6) is 0 Å². The predicted molar refractivity (Wildman–Crippen MR) is 87.0 cm³/mol. The maximum absolute atomic E-state index is 5.57. The van der Waals surface area contributed by atoms with Gasteiger partial charge in [0, 0.05) is 25.6 Å². The van der Waals surface area contributed by atoms with Gasteiger partial charge in [0.25, 0.3) is 0 Å². The first-order chi connectivity index (χ1) is 10.2. The van der Waals surface area contributed by atoms with Crippen molar-refractivity contribution in [3.8, 4) is 0 Å². The Balaban J connectivity index is 2.23. The molecule has 1 saturated carbocycles. The van der Waals surface area contributed by atoms with Gasteiger partial charge in [-0.15, -0.1) is 0 Å². The molecule has 1 aromatic heterocycles. The van der Waals surface area contributed by atoms with E-state index in [0.29, 0.717) is 6.04 Å². The molecule has 0 aromatic carbocycles. The lowest BCUT2D eigenvalue weighted by Crippen LogP contribution is -2.30. The first kappa shape index (κ1) is 16.0. The largest absolute Gasteiger partial charge is 0.379 e. The van der Waals surface area contributed by atoms with Gasteiger partial charge in [-0.05, 0) is 39.5 Å². The Morgan fingerprint density at radius 2 is 1.95 bits per heavy atom. The highest BCUT2D eigenvalue weighted by atomic mass is 16.5. The molecule has 2 N–H and O–H groups in total. The maximum Gasteiger partial charge on any atom is 0.135 e. The van der Waals surface area contributed by atoms with Crippen LogP contribution in [-0.4, -0.2) is 35.8 Å². The Labute approximate surface area is 127 Å². The molecule has 1 aliphatic carbocycles. The summed E-state index contributed by atoms with van der Waals surface area (Å²) < 4.78 is 5.57. The lowest BCUT2D eigenvalue weighted by atomic mass is 10.2. The third kappa shape index (κ3) is 3.84. The summed E-state index contributed by atoms with van der Waals surface area (Å²) in [6, 6.07) is 0.354. The van der Waals surface area contributed by atoms with E-state index in [2.05, 4.69) is 36.4 Å². The van der Waals surface area contributed by atoms with Crippen LogP contribution in [0.2, 0.25) is 0 Å². The fourth-order valence-electron chi connectivity index (χ4n) is 2.93. The molecule has 0 amide bonds. The zero-order chi connectivity index (χ0) is 15.2. The van der Waals surface area contributed by atoms with Crippen LogP contribution < -0.4 is 10.6 Å². The molecule has 1 fully saturated rings. The number of aryl methyl sites for hydroxylation is 1. The van der Waals surface area contributed by atoms with E-state index in [1.54, 1.807) is 7.11 Å². The molecule has 1 aliphatic rings. The molecule has 0 spiro atoms. The first-order valence-corrected chi connectivity index (χ1v) is 8.10. The molecule has 1 heterocycles. The van der Waals surface area contributed by atoms with E-state index >= 15 is 0 Å². The number of rotatable bonds is 7. The summed E-state index contributed by atoms with van der Waals surface area (Å²) in [5, 5.41) is 6.93. The van der Waals surface area contributed by atoms with Crippen molar-refractivity contribution in [2.24, 2.45) is 0 Å². The van der Waals surface area contributed by atoms with E-state index in [1.165, 1.54) is 6.42 Å². The molecule has 2 atom stereocenters. The summed E-state index contributed by atoms with van der Waals surface area (Å²) in [7, 11) is 1.80. The molecule has 0 radical (unpaired) electrons. The monoisotopic (exact) mass is 292 g/mol. The molecule has 1 aromatic rings. The van der Waals surface area contributed by atoms with Crippen molar-refractivity contribution < 1.29 is 4.74 Å². The van der Waals surface area contributed by atoms with E-state index in [1.807, 2.05) is 0 Å². The molecule has 0 aliphatic heterocycles. The van der Waals surface area contributed by atoms with Gasteiger partial charge in [0.05, 0.1) is 12.1 Å². The summed E-state index contributed by atoms with van der Waals surface area (Å²) in [6.07, 6.45) is 5.73. The van der Waals surface area contributed by atoms with Gasteiger partial charge in [0.15, 0.2) is 0 Å². The number of hydrogen-bond donors (Lipinski definition) is 2. The van der Waals surface area contributed by atoms with Gasteiger partial charge in [-0.1, -0.05) is 6.92 Å². The molecular weight excluding hydrogens is 264 g/mol. The molecule has 2 rings (SSSR count). The highest BCUT2D eigenvalue weighted by Crippen LogP contribution is 2.27. The smallest absolute Gasteiger partial charge is 0.135 e. The van der Waals surface area contributed by atoms with Crippen molar-refractivity contribution in [1.82, 2.24) is 9.97 Å². The Hall–Kier alpha value is -1.36. The van der Waals surface area contributed by atoms with Crippen LogP contribution in [0.15, 0.2) is 0 Å². The van der Waals surface area contributed by atoms with Crippen LogP contribution in [0.25, 0.3) is 0 Å². The second-order valence-corrected chi connectivity index (χ2v) is 5.70. The van der Waals surface area contributed by atoms with Crippen LogP contribution in [0.1, 0.15) is 50.9 Å². The Kier molecular flexibility index (Phi) is 5.79. The van der Waals surface area contributed by atoms with Gasteiger partial charge in [-0.2, -0.15) is 0 Å². The zero-order valence-electron chi connectivity index (χ0n) is 13.7. The first-order valence-electron chi connectivity index (χ1n) is 8.10. The minimum absolute atomic E-state index is 0.288. The third-order valence-corrected chi connectivity index (χ3v) is 4.09. The van der Waals surface area contributed by atoms with E-state index in [9.17, 15) is 0 Å². The normalized spacial score (nSPS) is 21.5. The maximum atomic E-state index is 5.57. The topological polar surface area (TPSA) is 59.1 Å². The van der Waals surface area contributed by atoms with Crippen LogP contribution in [-0.2, 0) is 11.2 Å². The van der Waals surface area contributed by atoms with Gasteiger partial charge in [0.1, 0.15) is 17.5 Å². The summed E-state index contributed by atoms with van der Waals surface area (Å²) in [6.45, 7) is 7.19. The van der Waals surface area contributed by atoms with Gasteiger partial charge < -0.3 is 15.4 Å². The predicted octanol–water partition coefficient (Wildman–Crippen LogP) is 3.15. The minimum Gasteiger partial charge on any atom is -0.379 e. The zero-order valence-corrected chi connectivity index (χ0v) is 13.7. The Morgan fingerprint density at radius 3 is 2.62 bits per heavy atom. The Morgan fingerprint density at radius 1 is 1.19 bits per heavy atom. The van der Waals surface area contributed by atoms with E-state index in [-0.39, 0.29) is 6.10 Å². The second kappa shape index (κ2) is 7.59. The molecule has 118 valence electrons. The van der Waals surface area contributed by atoms with Crippen LogP contribution >= 0.6 is 0 Å². The van der Waals surface area contributed by atoms with E-state index < -0.39 is 0 Å². The lowest BCUT2D eigenvalue weighted by Gasteiger charge is -2.22. The van der Waals surface area contributed by atoms with Crippen molar-refractivity contribution in [3.63, 3.8) is 0 Å². The molecule has 2 unspecified atom stereocenters. The van der Waals surface area contributed by atoms with Crippen molar-refractivity contribution in [2.45, 2.75) is 65.0 Å². The SMILES string of the molecule is CCCc1nc(NCC)c(C)c(NC2CCCC2OC)n1. The number of aromatic nitrogens is 2. The van der Waals surface area contributed by atoms with Crippen LogP contribution in [0, 0.1) is 6.92 Å². The quantitative estimate of drug-likeness (QED) is 0.808. The molecule has 21 heavy (non-hydrogen) atoms. The standard InChI is InChI=1S/C16H28N4O/c1-5-8-14-19-15(17-6-2)11(3)16(20-14)18-12-9-7-10-13(12)21-4/h12-13H,5-10H2,1-4H3,(H2,17,18,19,20). The van der Waals surface area contributed by atoms with E-state index in [4.69, 9.17) is 9.72 Å². The number of anilines is 2. The van der Waals surface area contributed by atoms with Gasteiger partial charge >= 0.3 is 0 Å². The number of nitrogens with zero attached hydrogens (tertiary/aromatic N) is 2. The number of nitrogens with one attached hydrogen (secondary N) is 2. The van der Waals surface area contributed by atoms with Gasteiger partial charge in [0.2, 0.25) is 0 Å². The van der Waals surface area contributed by atoms with Crippen molar-refractivity contribution in [3.05, 3.63) is 11.4 Å². The minimum atomic E-state index is 0.288. The van der Waals surface area contributed by atoms with E-state index in [0.717, 1.165) is 55.3 Å². The van der Waals surface area contributed by atoms with Crippen molar-refractivity contribution in [1.29, 1.82) is 0 Å². The molecular formula is C16H28N4O. The second-order valence-electron chi connectivity index (χ2n) is 5.70. The summed E-state index contributed by atoms with van der Waals surface area (Å²) >= 11 is 0. The average molecular weight is 292 g/mol. The number of hydrogen-bond acceptors (Lipinski definition) is 5. The average Bonchev–Trinajstić information content (AvgIpc) is 2.91. The molecule has 5 nitrogen and oxygen atoms in total. The summed E-state index contributed by atoms with van der Waals surface area (Å²) in [5.41, 5.74) is 1.10. The molecule has 5 heteroatoms.